The molecule has 0 saturated heterocycles. The van der Waals surface area contributed by atoms with E-state index < -0.39 is 10.0 Å². The summed E-state index contributed by atoms with van der Waals surface area (Å²) in [6.07, 6.45) is 1.03. The van der Waals surface area contributed by atoms with Crippen LogP contribution in [0.25, 0.3) is 0 Å². The molecule has 11 heavy (non-hydrogen) atoms. The predicted molar refractivity (Wildman–Crippen MR) is 46.7 cm³/mol. The first-order valence-corrected chi connectivity index (χ1v) is 5.27. The second-order valence-corrected chi connectivity index (χ2v) is 4.18. The van der Waals surface area contributed by atoms with Crippen LogP contribution >= 0.6 is 11.6 Å². The van der Waals surface area contributed by atoms with Crippen LogP contribution in [0.5, 0.6) is 0 Å². The van der Waals surface area contributed by atoms with E-state index >= 15 is 0 Å². The van der Waals surface area contributed by atoms with E-state index in [2.05, 4.69) is 4.40 Å². The summed E-state index contributed by atoms with van der Waals surface area (Å²) < 4.78 is 24.7. The summed E-state index contributed by atoms with van der Waals surface area (Å²) in [4.78, 5) is 1.56. The molecule has 0 atom stereocenters. The highest BCUT2D eigenvalue weighted by molar-refractivity contribution is 7.89. The van der Waals surface area contributed by atoms with Crippen LogP contribution in [0, 0.1) is 0 Å². The molecule has 0 radical (unpaired) electrons. The first-order valence-electron chi connectivity index (χ1n) is 2.89. The molecule has 6 heteroatoms. The van der Waals surface area contributed by atoms with E-state index in [4.69, 9.17) is 11.6 Å². The highest BCUT2D eigenvalue weighted by atomic mass is 35.5. The Morgan fingerprint density at radius 3 is 2.09 bits per heavy atom. The van der Waals surface area contributed by atoms with Gasteiger partial charge in [0.25, 0.3) is 10.0 Å². The molecule has 0 N–H and O–H groups in total. The van der Waals surface area contributed by atoms with Gasteiger partial charge >= 0.3 is 0 Å². The van der Waals surface area contributed by atoms with Crippen molar-refractivity contribution in [3.05, 3.63) is 0 Å². The van der Waals surface area contributed by atoms with Crippen molar-refractivity contribution in [3.63, 3.8) is 0 Å². The Hall–Kier alpha value is -0.290. The van der Waals surface area contributed by atoms with Gasteiger partial charge in [0.05, 0.1) is 12.1 Å². The fraction of sp³-hybridized carbons (Fsp3) is 0.800. The molecule has 0 aliphatic carbocycles. The van der Waals surface area contributed by atoms with Crippen LogP contribution in [-0.4, -0.2) is 45.4 Å². The molecule has 0 aromatic rings. The van der Waals surface area contributed by atoms with Crippen LogP contribution in [-0.2, 0) is 10.0 Å². The molecule has 0 bridgehead atoms. The van der Waals surface area contributed by atoms with Crippen LogP contribution < -0.4 is 0 Å². The van der Waals surface area contributed by atoms with Gasteiger partial charge in [-0.1, -0.05) is 0 Å². The number of halogens is 1. The van der Waals surface area contributed by atoms with E-state index in [1.165, 1.54) is 0 Å². The lowest BCUT2D eigenvalue weighted by atomic mass is 10.6. The molecule has 0 aromatic carbocycles. The van der Waals surface area contributed by atoms with E-state index in [0.717, 1.165) is 6.26 Å². The van der Waals surface area contributed by atoms with Crippen molar-refractivity contribution in [2.24, 2.45) is 4.40 Å². The summed E-state index contributed by atoms with van der Waals surface area (Å²) in [6.45, 7) is 0. The molecular weight excluding hydrogens is 188 g/mol. The zero-order chi connectivity index (χ0) is 9.07. The summed E-state index contributed by atoms with van der Waals surface area (Å²) >= 11 is 5.43. The fourth-order valence-electron chi connectivity index (χ4n) is 0.417. The third-order valence-corrected chi connectivity index (χ3v) is 1.69. The van der Waals surface area contributed by atoms with Crippen LogP contribution in [0.15, 0.2) is 4.40 Å². The molecule has 0 spiro atoms. The monoisotopic (exact) mass is 198 g/mol. The Labute approximate surface area is 71.9 Å². The average molecular weight is 199 g/mol. The number of alkyl halides is 1. The molecule has 0 aromatic heterocycles. The Bertz CT molecular complexity index is 245. The van der Waals surface area contributed by atoms with E-state index in [1.807, 2.05) is 0 Å². The highest BCUT2D eigenvalue weighted by Crippen LogP contribution is 1.93. The molecule has 0 unspecified atom stereocenters. The molecule has 0 fully saturated rings. The number of hydrogen-bond acceptors (Lipinski definition) is 2. The highest BCUT2D eigenvalue weighted by Gasteiger charge is 2.04. The third-order valence-electron chi connectivity index (χ3n) is 0.907. The summed E-state index contributed by atoms with van der Waals surface area (Å²) in [5, 5.41) is 0. The van der Waals surface area contributed by atoms with Crippen molar-refractivity contribution in [3.8, 4) is 0 Å². The first-order chi connectivity index (χ1) is 4.87. The molecule has 0 saturated carbocycles. The standard InChI is InChI=1S/C5H11ClN2O2S/c1-8(2)5(4-6)7-11(3,9)10/h4H2,1-3H3/b7-5+. The lowest BCUT2D eigenvalue weighted by molar-refractivity contribution is 0.596. The molecule has 0 aliphatic heterocycles. The summed E-state index contributed by atoms with van der Waals surface area (Å²) in [5.41, 5.74) is 0. The number of sulfonamides is 1. The molecule has 0 amide bonds. The molecular formula is C5H11ClN2O2S. The zero-order valence-corrected chi connectivity index (χ0v) is 8.28. The molecule has 0 rings (SSSR count). The molecule has 66 valence electrons. The molecule has 0 aliphatic rings. The van der Waals surface area contributed by atoms with Gasteiger partial charge in [-0.05, 0) is 0 Å². The summed E-state index contributed by atoms with van der Waals surface area (Å²) in [5.74, 6) is 0.439. The Morgan fingerprint density at radius 1 is 1.55 bits per heavy atom. The topological polar surface area (TPSA) is 49.7 Å². The van der Waals surface area contributed by atoms with Crippen LogP contribution in [0.3, 0.4) is 0 Å². The lowest BCUT2D eigenvalue weighted by Gasteiger charge is -2.11. The Balaban J connectivity index is 4.64. The van der Waals surface area contributed by atoms with Crippen LogP contribution in [0.4, 0.5) is 0 Å². The minimum Gasteiger partial charge on any atom is -0.364 e. The lowest BCUT2D eigenvalue weighted by Crippen LogP contribution is -2.24. The smallest absolute Gasteiger partial charge is 0.251 e. The van der Waals surface area contributed by atoms with Crippen molar-refractivity contribution in [2.75, 3.05) is 26.2 Å². The van der Waals surface area contributed by atoms with Gasteiger partial charge in [0.2, 0.25) is 0 Å². The van der Waals surface area contributed by atoms with Gasteiger partial charge in [-0.2, -0.15) is 0 Å². The maximum atomic E-state index is 10.6. The summed E-state index contributed by atoms with van der Waals surface area (Å²) in [6, 6.07) is 0. The van der Waals surface area contributed by atoms with Crippen LogP contribution in [0.2, 0.25) is 0 Å². The maximum absolute atomic E-state index is 10.6. The van der Waals surface area contributed by atoms with Crippen molar-refractivity contribution >= 4 is 27.5 Å². The largest absolute Gasteiger partial charge is 0.364 e. The van der Waals surface area contributed by atoms with Gasteiger partial charge in [0.15, 0.2) is 0 Å². The van der Waals surface area contributed by atoms with Gasteiger partial charge in [0, 0.05) is 14.1 Å². The van der Waals surface area contributed by atoms with Gasteiger partial charge in [0.1, 0.15) is 5.84 Å². The number of rotatable bonds is 2. The van der Waals surface area contributed by atoms with E-state index in [-0.39, 0.29) is 5.88 Å². The quantitative estimate of drug-likeness (QED) is 0.361. The molecule has 0 heterocycles. The maximum Gasteiger partial charge on any atom is 0.251 e. The number of nitrogens with zero attached hydrogens (tertiary/aromatic N) is 2. The SMILES string of the molecule is CN(C)/C(CCl)=N/S(C)(=O)=O. The van der Waals surface area contributed by atoms with Gasteiger partial charge in [-0.25, -0.2) is 8.42 Å². The number of hydrogen-bond donors (Lipinski definition) is 0. The number of amidine groups is 1. The van der Waals surface area contributed by atoms with Gasteiger partial charge in [-0.15, -0.1) is 16.0 Å². The summed E-state index contributed by atoms with van der Waals surface area (Å²) in [7, 11) is 0.0552. The Morgan fingerprint density at radius 2 is 2.00 bits per heavy atom. The fourth-order valence-corrected chi connectivity index (χ4v) is 1.40. The average Bonchev–Trinajstić information content (AvgIpc) is 1.80. The second kappa shape index (κ2) is 3.92. The predicted octanol–water partition coefficient (Wildman–Crippen LogP) is 0.145. The molecule has 4 nitrogen and oxygen atoms in total. The minimum atomic E-state index is -3.32. The second-order valence-electron chi connectivity index (χ2n) is 2.27. The first kappa shape index (κ1) is 10.7. The third kappa shape index (κ3) is 5.03. The van der Waals surface area contributed by atoms with Gasteiger partial charge in [-0.3, -0.25) is 0 Å². The Kier molecular flexibility index (Phi) is 3.82. The normalized spacial score (nSPS) is 13.3. The van der Waals surface area contributed by atoms with E-state index in [1.54, 1.807) is 19.0 Å². The van der Waals surface area contributed by atoms with E-state index in [0.29, 0.717) is 5.84 Å². The van der Waals surface area contributed by atoms with Crippen molar-refractivity contribution in [2.45, 2.75) is 0 Å². The van der Waals surface area contributed by atoms with Gasteiger partial charge < -0.3 is 4.90 Å². The van der Waals surface area contributed by atoms with Crippen LogP contribution in [0.1, 0.15) is 0 Å². The van der Waals surface area contributed by atoms with Crippen molar-refractivity contribution in [1.29, 1.82) is 0 Å². The zero-order valence-electron chi connectivity index (χ0n) is 6.70. The van der Waals surface area contributed by atoms with E-state index in [9.17, 15) is 8.42 Å². The van der Waals surface area contributed by atoms with Crippen molar-refractivity contribution in [1.82, 2.24) is 4.90 Å². The minimum absolute atomic E-state index is 0.0973. The van der Waals surface area contributed by atoms with Crippen molar-refractivity contribution < 1.29 is 8.42 Å².